The molecule has 1 nitrogen and oxygen atoms in total. The normalized spacial score (nSPS) is 10.8. The molecule has 21 heavy (non-hydrogen) atoms. The highest BCUT2D eigenvalue weighted by Crippen LogP contribution is 2.36. The molecule has 0 fully saturated rings. The molecule has 0 spiro atoms. The molecule has 2 aromatic rings. The lowest BCUT2D eigenvalue weighted by molar-refractivity contribution is 0.288. The second-order valence-corrected chi connectivity index (χ2v) is 6.96. The number of ether oxygens (including phenoxy) is 1. The zero-order valence-corrected chi connectivity index (χ0v) is 15.9. The Morgan fingerprint density at radius 1 is 1.00 bits per heavy atom. The molecule has 0 atom stereocenters. The average Bonchev–Trinajstić information content (AvgIpc) is 2.45. The summed E-state index contributed by atoms with van der Waals surface area (Å²) in [4.78, 5) is 0. The van der Waals surface area contributed by atoms with Crippen molar-refractivity contribution in [2.75, 3.05) is 0 Å². The topological polar surface area (TPSA) is 9.23 Å². The van der Waals surface area contributed by atoms with Crippen molar-refractivity contribution in [1.29, 1.82) is 0 Å². The van der Waals surface area contributed by atoms with Gasteiger partial charge in [0, 0.05) is 5.88 Å². The van der Waals surface area contributed by atoms with Gasteiger partial charge in [-0.2, -0.15) is 0 Å². The molecule has 0 saturated carbocycles. The first-order chi connectivity index (χ1) is 9.93. The van der Waals surface area contributed by atoms with Crippen LogP contribution in [0.1, 0.15) is 11.1 Å². The molecule has 0 radical (unpaired) electrons. The van der Waals surface area contributed by atoms with E-state index in [4.69, 9.17) is 16.3 Å². The number of hydrogen-bond acceptors (Lipinski definition) is 1. The molecule has 0 aromatic heterocycles. The van der Waals surface area contributed by atoms with Crippen molar-refractivity contribution in [2.24, 2.45) is 0 Å². The molecule has 0 amide bonds. The van der Waals surface area contributed by atoms with Gasteiger partial charge >= 0.3 is 0 Å². The Labute approximate surface area is 151 Å². The van der Waals surface area contributed by atoms with Crippen molar-refractivity contribution in [3.63, 3.8) is 0 Å². The molecule has 0 N–H and O–H groups in total. The van der Waals surface area contributed by atoms with Gasteiger partial charge in [-0.05, 0) is 77.6 Å². The summed E-state index contributed by atoms with van der Waals surface area (Å²) in [5.41, 5.74) is 0.757. The number of benzene rings is 2. The van der Waals surface area contributed by atoms with Crippen LogP contribution in [0, 0.1) is 11.6 Å². The summed E-state index contributed by atoms with van der Waals surface area (Å²) >= 11 is 15.5. The fraction of sp³-hybridized carbons (Fsp3) is 0.143. The molecule has 0 aliphatic carbocycles. The Balaban J connectivity index is 2.27. The first-order valence-corrected chi connectivity index (χ1v) is 8.64. The Morgan fingerprint density at radius 2 is 1.62 bits per heavy atom. The van der Waals surface area contributed by atoms with Crippen LogP contribution >= 0.6 is 59.4 Å². The van der Waals surface area contributed by atoms with Crippen LogP contribution in [0.25, 0.3) is 0 Å². The smallest absolute Gasteiger partial charge is 0.148 e. The molecule has 0 saturated heterocycles. The summed E-state index contributed by atoms with van der Waals surface area (Å²) in [6.45, 7) is -0.228. The highest BCUT2D eigenvalue weighted by Gasteiger charge is 2.15. The van der Waals surface area contributed by atoms with E-state index in [1.165, 1.54) is 12.1 Å². The number of alkyl halides is 1. The van der Waals surface area contributed by atoms with Crippen LogP contribution in [-0.2, 0) is 12.5 Å². The highest BCUT2D eigenvalue weighted by atomic mass is 79.9. The molecule has 0 aliphatic heterocycles. The van der Waals surface area contributed by atoms with E-state index in [-0.39, 0.29) is 16.6 Å². The monoisotopic (exact) mass is 502 g/mol. The Kier molecular flexibility index (Phi) is 6.05. The van der Waals surface area contributed by atoms with Gasteiger partial charge in [-0.3, -0.25) is 0 Å². The number of halogens is 6. The fourth-order valence-corrected chi connectivity index (χ4v) is 3.71. The van der Waals surface area contributed by atoms with Crippen LogP contribution in [0.4, 0.5) is 8.78 Å². The summed E-state index contributed by atoms with van der Waals surface area (Å²) in [6, 6.07) is 6.09. The van der Waals surface area contributed by atoms with E-state index in [1.807, 2.05) is 0 Å². The molecule has 112 valence electrons. The highest BCUT2D eigenvalue weighted by molar-refractivity contribution is 9.11. The van der Waals surface area contributed by atoms with Crippen LogP contribution < -0.4 is 4.74 Å². The van der Waals surface area contributed by atoms with Gasteiger partial charge in [0.25, 0.3) is 0 Å². The van der Waals surface area contributed by atoms with Gasteiger partial charge < -0.3 is 4.74 Å². The minimum Gasteiger partial charge on any atom is -0.486 e. The van der Waals surface area contributed by atoms with Crippen molar-refractivity contribution in [1.82, 2.24) is 0 Å². The number of rotatable bonds is 4. The largest absolute Gasteiger partial charge is 0.486 e. The average molecular weight is 505 g/mol. The second-order valence-electron chi connectivity index (χ2n) is 4.13. The summed E-state index contributed by atoms with van der Waals surface area (Å²) in [7, 11) is 0. The van der Waals surface area contributed by atoms with Gasteiger partial charge in [0.1, 0.15) is 24.0 Å². The Morgan fingerprint density at radius 3 is 2.19 bits per heavy atom. The molecule has 2 rings (SSSR count). The predicted octanol–water partition coefficient (Wildman–Crippen LogP) is 6.57. The van der Waals surface area contributed by atoms with Gasteiger partial charge in [0.05, 0.1) is 19.0 Å². The van der Waals surface area contributed by atoms with Gasteiger partial charge in [-0.15, -0.1) is 11.6 Å². The molecule has 0 aliphatic rings. The summed E-state index contributed by atoms with van der Waals surface area (Å²) in [5.74, 6) is -0.505. The molecular formula is C14H8Br3ClF2O. The van der Waals surface area contributed by atoms with Gasteiger partial charge in [0.2, 0.25) is 0 Å². The first kappa shape index (κ1) is 17.2. The zero-order chi connectivity index (χ0) is 15.6. The maximum Gasteiger partial charge on any atom is 0.148 e. The SMILES string of the molecule is Fc1ccc(Br)c(F)c1COc1c(Br)cc(CCl)cc1Br. The van der Waals surface area contributed by atoms with Gasteiger partial charge in [-0.25, -0.2) is 8.78 Å². The van der Waals surface area contributed by atoms with Crippen molar-refractivity contribution < 1.29 is 13.5 Å². The summed E-state index contributed by atoms with van der Waals surface area (Å²) in [5, 5.41) is 0. The summed E-state index contributed by atoms with van der Waals surface area (Å²) < 4.78 is 34.6. The molecular weight excluding hydrogens is 497 g/mol. The minimum atomic E-state index is -0.667. The molecule has 2 aromatic carbocycles. The maximum absolute atomic E-state index is 13.9. The Hall–Kier alpha value is -0.170. The van der Waals surface area contributed by atoms with E-state index in [2.05, 4.69) is 47.8 Å². The van der Waals surface area contributed by atoms with Crippen molar-refractivity contribution in [3.8, 4) is 5.75 Å². The predicted molar refractivity (Wildman–Crippen MR) is 89.8 cm³/mol. The maximum atomic E-state index is 13.9. The van der Waals surface area contributed by atoms with Crippen LogP contribution in [-0.4, -0.2) is 0 Å². The third-order valence-electron chi connectivity index (χ3n) is 2.71. The second kappa shape index (κ2) is 7.40. The fourth-order valence-electron chi connectivity index (χ4n) is 1.67. The Bertz CT molecular complexity index is 657. The van der Waals surface area contributed by atoms with Crippen LogP contribution in [0.5, 0.6) is 5.75 Å². The van der Waals surface area contributed by atoms with Crippen molar-refractivity contribution >= 4 is 59.4 Å². The summed E-state index contributed by atoms with van der Waals surface area (Å²) in [6.07, 6.45) is 0. The van der Waals surface area contributed by atoms with E-state index >= 15 is 0 Å². The first-order valence-electron chi connectivity index (χ1n) is 5.73. The molecule has 0 bridgehead atoms. The third-order valence-corrected chi connectivity index (χ3v) is 4.81. The molecule has 7 heteroatoms. The van der Waals surface area contributed by atoms with Crippen molar-refractivity contribution in [3.05, 3.63) is 60.4 Å². The van der Waals surface area contributed by atoms with Gasteiger partial charge in [-0.1, -0.05) is 0 Å². The van der Waals surface area contributed by atoms with E-state index in [0.29, 0.717) is 20.6 Å². The van der Waals surface area contributed by atoms with Crippen LogP contribution in [0.2, 0.25) is 0 Å². The lowest BCUT2D eigenvalue weighted by Gasteiger charge is -2.13. The van der Waals surface area contributed by atoms with Gasteiger partial charge in [0.15, 0.2) is 0 Å². The van der Waals surface area contributed by atoms with E-state index < -0.39 is 11.6 Å². The molecule has 0 unspecified atom stereocenters. The third kappa shape index (κ3) is 3.97. The van der Waals surface area contributed by atoms with Crippen LogP contribution in [0.3, 0.4) is 0 Å². The standard InChI is InChI=1S/C14H8Br3ClF2O/c15-9-1-2-12(19)8(13(9)20)6-21-14-10(16)3-7(5-18)4-11(14)17/h1-4H,5-6H2. The number of hydrogen-bond donors (Lipinski definition) is 0. The minimum absolute atomic E-state index is 0.135. The lowest BCUT2D eigenvalue weighted by Crippen LogP contribution is -2.03. The van der Waals surface area contributed by atoms with E-state index in [9.17, 15) is 8.78 Å². The van der Waals surface area contributed by atoms with Crippen LogP contribution in [0.15, 0.2) is 37.7 Å². The van der Waals surface area contributed by atoms with E-state index in [1.54, 1.807) is 12.1 Å². The quantitative estimate of drug-likeness (QED) is 0.338. The zero-order valence-electron chi connectivity index (χ0n) is 10.4. The molecule has 0 heterocycles. The van der Waals surface area contributed by atoms with E-state index in [0.717, 1.165) is 5.56 Å². The van der Waals surface area contributed by atoms with Crippen molar-refractivity contribution in [2.45, 2.75) is 12.5 Å². The lowest BCUT2D eigenvalue weighted by atomic mass is 10.2.